The van der Waals surface area contributed by atoms with Crippen molar-refractivity contribution in [2.75, 3.05) is 28.4 Å². The summed E-state index contributed by atoms with van der Waals surface area (Å²) < 4.78 is 22.8. The average Bonchev–Trinajstić information content (AvgIpc) is 2.88. The molecule has 0 aromatic heterocycles. The summed E-state index contributed by atoms with van der Waals surface area (Å²) >= 11 is 0. The van der Waals surface area contributed by atoms with E-state index in [1.807, 2.05) is 48.5 Å². The molecule has 0 unspecified atom stereocenters. The number of rotatable bonds is 8. The summed E-state index contributed by atoms with van der Waals surface area (Å²) in [6.45, 7) is 0. The molecule has 0 aliphatic carbocycles. The summed E-state index contributed by atoms with van der Waals surface area (Å²) in [5.74, 6) is 3.13. The lowest BCUT2D eigenvalue weighted by Gasteiger charge is -2.19. The van der Waals surface area contributed by atoms with Crippen molar-refractivity contribution < 1.29 is 18.9 Å². The quantitative estimate of drug-likeness (QED) is 0.318. The van der Waals surface area contributed by atoms with E-state index in [9.17, 15) is 0 Å². The molecular formula is C28H27O4P. The van der Waals surface area contributed by atoms with E-state index in [1.165, 1.54) is 10.6 Å². The molecule has 0 spiro atoms. The van der Waals surface area contributed by atoms with E-state index in [2.05, 4.69) is 36.4 Å². The Morgan fingerprint density at radius 1 is 0.424 bits per heavy atom. The molecule has 0 saturated carbocycles. The number of methoxy groups -OCH3 is 4. The fraction of sp³-hybridized carbons (Fsp3) is 0.143. The van der Waals surface area contributed by atoms with Crippen LogP contribution in [0.3, 0.4) is 0 Å². The number of ether oxygens (including phenoxy) is 4. The molecule has 0 atom stereocenters. The van der Waals surface area contributed by atoms with E-state index in [1.54, 1.807) is 28.4 Å². The highest BCUT2D eigenvalue weighted by atomic mass is 31.1. The molecule has 4 aromatic carbocycles. The van der Waals surface area contributed by atoms with Crippen molar-refractivity contribution in [3.63, 3.8) is 0 Å². The largest absolute Gasteiger partial charge is 0.496 e. The van der Waals surface area contributed by atoms with Gasteiger partial charge in [-0.1, -0.05) is 69.2 Å². The monoisotopic (exact) mass is 458 g/mol. The summed E-state index contributed by atoms with van der Waals surface area (Å²) in [7, 11) is 7.14. The first-order chi connectivity index (χ1) is 16.2. The Hall–Kier alpha value is -3.49. The van der Waals surface area contributed by atoms with Crippen LogP contribution in [0.1, 0.15) is 0 Å². The van der Waals surface area contributed by atoms with Gasteiger partial charge >= 0.3 is 0 Å². The van der Waals surface area contributed by atoms with Gasteiger partial charge < -0.3 is 18.9 Å². The molecule has 0 fully saturated rings. The molecule has 0 N–H and O–H groups in total. The molecular weight excluding hydrogens is 431 g/mol. The van der Waals surface area contributed by atoms with Gasteiger partial charge in [0, 0.05) is 0 Å². The second-order valence-corrected chi connectivity index (χ2v) is 8.62. The number of hydrogen-bond acceptors (Lipinski definition) is 4. The zero-order valence-electron chi connectivity index (χ0n) is 19.2. The Morgan fingerprint density at radius 2 is 0.758 bits per heavy atom. The van der Waals surface area contributed by atoms with E-state index >= 15 is 0 Å². The van der Waals surface area contributed by atoms with Gasteiger partial charge in [0.15, 0.2) is 0 Å². The van der Waals surface area contributed by atoms with Gasteiger partial charge in [0.1, 0.15) is 23.0 Å². The number of benzene rings is 4. The van der Waals surface area contributed by atoms with E-state index < -0.39 is 0 Å². The molecule has 0 radical (unpaired) electrons. The lowest BCUT2D eigenvalue weighted by atomic mass is 10.0. The fourth-order valence-corrected chi connectivity index (χ4v) is 5.33. The Bertz CT molecular complexity index is 1110. The number of hydrogen-bond donors (Lipinski definition) is 0. The minimum atomic E-state index is 0.394. The third-order valence-corrected chi connectivity index (χ3v) is 6.93. The molecule has 4 nitrogen and oxygen atoms in total. The second-order valence-electron chi connectivity index (χ2n) is 7.29. The average molecular weight is 458 g/mol. The molecule has 0 heterocycles. The molecule has 168 valence electrons. The van der Waals surface area contributed by atoms with Gasteiger partial charge in [-0.2, -0.15) is 0 Å². The molecule has 0 saturated heterocycles. The van der Waals surface area contributed by atoms with Gasteiger partial charge in [-0.3, -0.25) is 0 Å². The van der Waals surface area contributed by atoms with Gasteiger partial charge in [0.05, 0.1) is 39.6 Å². The zero-order valence-corrected chi connectivity index (χ0v) is 20.2. The van der Waals surface area contributed by atoms with Crippen LogP contribution in [-0.2, 0) is 0 Å². The van der Waals surface area contributed by atoms with E-state index in [-0.39, 0.29) is 0 Å². The van der Waals surface area contributed by atoms with E-state index in [0.29, 0.717) is 8.58 Å². The minimum Gasteiger partial charge on any atom is -0.496 e. The maximum absolute atomic E-state index is 5.69. The highest BCUT2D eigenvalue weighted by Gasteiger charge is 2.19. The van der Waals surface area contributed by atoms with Crippen LogP contribution in [0.2, 0.25) is 0 Å². The molecule has 33 heavy (non-hydrogen) atoms. The molecule has 0 aliphatic heterocycles. The Labute approximate surface area is 196 Å². The Morgan fingerprint density at radius 3 is 1.09 bits per heavy atom. The third kappa shape index (κ3) is 4.53. The van der Waals surface area contributed by atoms with Crippen LogP contribution >= 0.6 is 8.58 Å². The summed E-state index contributed by atoms with van der Waals surface area (Å²) in [6, 6.07) is 28.5. The predicted octanol–water partition coefficient (Wildman–Crippen LogP) is 5.68. The van der Waals surface area contributed by atoms with E-state index in [4.69, 9.17) is 18.9 Å². The molecule has 4 aromatic rings. The first-order valence-electron chi connectivity index (χ1n) is 10.6. The van der Waals surface area contributed by atoms with Crippen LogP contribution in [0, 0.1) is 0 Å². The van der Waals surface area contributed by atoms with Gasteiger partial charge in [0.2, 0.25) is 0 Å². The van der Waals surface area contributed by atoms with Crippen molar-refractivity contribution in [2.45, 2.75) is 0 Å². The molecule has 0 aliphatic rings. The Kier molecular flexibility index (Phi) is 7.16. The molecule has 0 bridgehead atoms. The lowest BCUT2D eigenvalue weighted by molar-refractivity contribution is 0.397. The van der Waals surface area contributed by atoms with Crippen LogP contribution in [-0.4, -0.2) is 28.4 Å². The molecule has 0 amide bonds. The summed E-state index contributed by atoms with van der Waals surface area (Å²) in [5.41, 5.74) is 4.09. The minimum absolute atomic E-state index is 0.394. The smallest absolute Gasteiger partial charge is 0.130 e. The highest BCUT2D eigenvalue weighted by molar-refractivity contribution is 7.56. The van der Waals surface area contributed by atoms with Crippen molar-refractivity contribution in [1.82, 2.24) is 0 Å². The summed E-state index contributed by atoms with van der Waals surface area (Å²) in [6.07, 6.45) is 0. The van der Waals surface area contributed by atoms with Crippen molar-refractivity contribution >= 4 is 19.2 Å². The third-order valence-electron chi connectivity index (χ3n) is 5.52. The van der Waals surface area contributed by atoms with Crippen LogP contribution in [0.4, 0.5) is 0 Å². The van der Waals surface area contributed by atoms with Gasteiger partial charge in [0.25, 0.3) is 0 Å². The predicted molar refractivity (Wildman–Crippen MR) is 138 cm³/mol. The van der Waals surface area contributed by atoms with Crippen molar-refractivity contribution in [1.29, 1.82) is 0 Å². The molecule has 5 heteroatoms. The van der Waals surface area contributed by atoms with Crippen LogP contribution in [0.5, 0.6) is 23.0 Å². The van der Waals surface area contributed by atoms with Crippen molar-refractivity contribution in [3.8, 4) is 45.3 Å². The highest BCUT2D eigenvalue weighted by Crippen LogP contribution is 2.41. The van der Waals surface area contributed by atoms with Gasteiger partial charge in [-0.25, -0.2) is 0 Å². The van der Waals surface area contributed by atoms with Crippen LogP contribution < -0.4 is 29.6 Å². The first-order valence-corrected chi connectivity index (χ1v) is 11.6. The zero-order chi connectivity index (χ0) is 23.2. The van der Waals surface area contributed by atoms with Crippen LogP contribution in [0.25, 0.3) is 22.3 Å². The standard InChI is InChI=1S/C28H27O4P/c1-29-21-13-9-14-22(30-2)27(21)19-11-5-7-17-25(19)33-26-18-8-6-12-20(26)28-23(31-3)15-10-16-24(28)32-4/h5-18,33H,1-4H3. The maximum atomic E-state index is 5.69. The second kappa shape index (κ2) is 10.4. The SMILES string of the molecule is COc1cccc(OC)c1-c1ccccc1Pc1ccccc1-c1c(OC)cccc1OC. The fourth-order valence-electron chi connectivity index (χ4n) is 4.00. The summed E-state index contributed by atoms with van der Waals surface area (Å²) in [5, 5.41) is 2.39. The topological polar surface area (TPSA) is 36.9 Å². The van der Waals surface area contributed by atoms with E-state index in [0.717, 1.165) is 45.3 Å². The lowest BCUT2D eigenvalue weighted by Crippen LogP contribution is -2.10. The van der Waals surface area contributed by atoms with Gasteiger partial charge in [-0.05, 0) is 46.0 Å². The van der Waals surface area contributed by atoms with Crippen molar-refractivity contribution in [3.05, 3.63) is 84.9 Å². The normalized spacial score (nSPS) is 10.5. The van der Waals surface area contributed by atoms with Crippen molar-refractivity contribution in [2.24, 2.45) is 0 Å². The maximum Gasteiger partial charge on any atom is 0.130 e. The molecule has 4 rings (SSSR count). The summed E-state index contributed by atoms with van der Waals surface area (Å²) in [4.78, 5) is 0. The van der Waals surface area contributed by atoms with Crippen LogP contribution in [0.15, 0.2) is 84.9 Å². The Balaban J connectivity index is 1.86. The first kappa shape index (κ1) is 22.7. The van der Waals surface area contributed by atoms with Gasteiger partial charge in [-0.15, -0.1) is 0 Å².